The van der Waals surface area contributed by atoms with E-state index in [0.29, 0.717) is 66.4 Å². The van der Waals surface area contributed by atoms with E-state index in [4.69, 9.17) is 19.6 Å². The minimum atomic E-state index is -0.733. The second-order valence-electron chi connectivity index (χ2n) is 22.5. The number of pyridine rings is 1. The summed E-state index contributed by atoms with van der Waals surface area (Å²) in [4.78, 5) is 69.4. The SMILES string of the molecule is Cc1c(OC2CCC(CCCN3CCN(c4ccc5c(C6CCC(=O)NC6=O)nn(C)c5c4)[C@@H](C)C3)CC2)cccc1-c1ccc(N2CCc3cccc(C(=O)Nc4nc5ccccc5s4)c3C2)nc1C(=O)OC(C)(C)C. The van der Waals surface area contributed by atoms with Gasteiger partial charge in [-0.05, 0) is 175 Å². The van der Waals surface area contributed by atoms with Crippen LogP contribution in [-0.2, 0) is 34.3 Å². The zero-order valence-corrected chi connectivity index (χ0v) is 45.9. The maximum absolute atomic E-state index is 14.1. The van der Waals surface area contributed by atoms with Crippen LogP contribution in [0.25, 0.3) is 32.2 Å². The molecule has 3 fully saturated rings. The quantitative estimate of drug-likeness (QED) is 0.0831. The monoisotopic (exact) mass is 1060 g/mol. The molecular weight excluding hydrogens is 987 g/mol. The topological polar surface area (TPSA) is 164 Å². The molecule has 0 bridgehead atoms. The number of nitrogens with one attached hydrogen (secondary N) is 2. The van der Waals surface area contributed by atoms with Crippen molar-refractivity contribution in [3.05, 3.63) is 125 Å². The second kappa shape index (κ2) is 21.7. The number of esters is 1. The molecule has 3 amide bonds. The first kappa shape index (κ1) is 51.9. The molecule has 2 N–H and O–H groups in total. The molecule has 3 aromatic heterocycles. The normalized spacial score (nSPS) is 20.3. The predicted octanol–water partition coefficient (Wildman–Crippen LogP) is 10.8. The van der Waals surface area contributed by atoms with E-state index in [1.165, 1.54) is 29.9 Å². The largest absolute Gasteiger partial charge is 0.490 e. The van der Waals surface area contributed by atoms with Crippen LogP contribution in [0.3, 0.4) is 0 Å². The van der Waals surface area contributed by atoms with E-state index < -0.39 is 17.5 Å². The molecule has 4 aliphatic rings. The molecule has 400 valence electrons. The summed E-state index contributed by atoms with van der Waals surface area (Å²) in [7, 11) is 1.93. The highest BCUT2D eigenvalue weighted by molar-refractivity contribution is 7.22. The van der Waals surface area contributed by atoms with Gasteiger partial charge < -0.3 is 19.3 Å². The molecule has 4 aromatic carbocycles. The number of piperidine rings is 1. The van der Waals surface area contributed by atoms with Crippen molar-refractivity contribution < 1.29 is 28.7 Å². The third-order valence-corrected chi connectivity index (χ3v) is 17.0. The van der Waals surface area contributed by atoms with E-state index >= 15 is 0 Å². The van der Waals surface area contributed by atoms with Gasteiger partial charge in [0, 0.05) is 74.4 Å². The first-order chi connectivity index (χ1) is 37.1. The second-order valence-corrected chi connectivity index (χ2v) is 23.5. The maximum atomic E-state index is 14.1. The average molecular weight is 1060 g/mol. The summed E-state index contributed by atoms with van der Waals surface area (Å²) in [6, 6.07) is 30.5. The van der Waals surface area contributed by atoms with Gasteiger partial charge in [-0.15, -0.1) is 0 Å². The Hall–Kier alpha value is -7.17. The molecule has 15 nitrogen and oxygen atoms in total. The van der Waals surface area contributed by atoms with Gasteiger partial charge in [0.1, 0.15) is 17.2 Å². The van der Waals surface area contributed by atoms with Gasteiger partial charge >= 0.3 is 5.97 Å². The average Bonchev–Trinajstić information content (AvgIpc) is 4.01. The number of hydrogen-bond donors (Lipinski definition) is 2. The molecule has 1 saturated carbocycles. The van der Waals surface area contributed by atoms with Crippen molar-refractivity contribution in [1.82, 2.24) is 30.0 Å². The molecule has 16 heteroatoms. The van der Waals surface area contributed by atoms with E-state index in [9.17, 15) is 19.2 Å². The predicted molar refractivity (Wildman–Crippen MR) is 303 cm³/mol. The fourth-order valence-corrected chi connectivity index (χ4v) is 12.9. The van der Waals surface area contributed by atoms with Gasteiger partial charge in [0.2, 0.25) is 11.8 Å². The summed E-state index contributed by atoms with van der Waals surface area (Å²) in [6.45, 7) is 15.1. The number of nitrogens with zero attached hydrogens (tertiary/aromatic N) is 7. The summed E-state index contributed by atoms with van der Waals surface area (Å²) < 4.78 is 15.7. The minimum Gasteiger partial charge on any atom is -0.490 e. The van der Waals surface area contributed by atoms with Crippen LogP contribution in [0.2, 0.25) is 0 Å². The smallest absolute Gasteiger partial charge is 0.358 e. The molecule has 7 aromatic rings. The van der Waals surface area contributed by atoms with Crippen LogP contribution in [0.15, 0.2) is 91.0 Å². The Morgan fingerprint density at radius 1 is 0.870 bits per heavy atom. The number of imide groups is 1. The fourth-order valence-electron chi connectivity index (χ4n) is 12.0. The molecule has 2 saturated heterocycles. The lowest BCUT2D eigenvalue weighted by atomic mass is 9.84. The number of piperazine rings is 1. The van der Waals surface area contributed by atoms with Crippen molar-refractivity contribution in [2.45, 2.75) is 123 Å². The molecule has 77 heavy (non-hydrogen) atoms. The third-order valence-electron chi connectivity index (χ3n) is 16.1. The summed E-state index contributed by atoms with van der Waals surface area (Å²) in [6.07, 6.45) is 8.32. The number of rotatable bonds is 13. The molecule has 2 atom stereocenters. The van der Waals surface area contributed by atoms with Gasteiger partial charge in [-0.1, -0.05) is 47.7 Å². The van der Waals surface area contributed by atoms with Crippen LogP contribution in [0.4, 0.5) is 16.6 Å². The van der Waals surface area contributed by atoms with Crippen molar-refractivity contribution in [3.8, 4) is 16.9 Å². The lowest BCUT2D eigenvalue weighted by Gasteiger charge is -2.41. The number of fused-ring (bicyclic) bond motifs is 3. The number of benzene rings is 4. The molecule has 11 rings (SSSR count). The number of thiazole rings is 1. The van der Waals surface area contributed by atoms with Gasteiger partial charge in [0.15, 0.2) is 10.8 Å². The van der Waals surface area contributed by atoms with E-state index in [1.54, 1.807) is 0 Å². The van der Waals surface area contributed by atoms with Gasteiger partial charge in [0.05, 0.1) is 33.4 Å². The highest BCUT2D eigenvalue weighted by atomic mass is 32.1. The van der Waals surface area contributed by atoms with Crippen LogP contribution < -0.4 is 25.2 Å². The van der Waals surface area contributed by atoms with Crippen molar-refractivity contribution >= 4 is 72.8 Å². The number of anilines is 3. The van der Waals surface area contributed by atoms with Gasteiger partial charge in [-0.3, -0.25) is 34.6 Å². The number of para-hydroxylation sites is 1. The molecule has 1 unspecified atom stereocenters. The van der Waals surface area contributed by atoms with E-state index in [2.05, 4.69) is 68.4 Å². The van der Waals surface area contributed by atoms with Gasteiger partial charge in [-0.25, -0.2) is 14.8 Å². The van der Waals surface area contributed by atoms with Crippen molar-refractivity contribution in [2.24, 2.45) is 13.0 Å². The highest BCUT2D eigenvalue weighted by Gasteiger charge is 2.34. The van der Waals surface area contributed by atoms with E-state index in [1.807, 2.05) is 99.2 Å². The Labute approximate surface area is 454 Å². The van der Waals surface area contributed by atoms with Crippen molar-refractivity contribution in [3.63, 3.8) is 0 Å². The van der Waals surface area contributed by atoms with Crippen molar-refractivity contribution in [1.29, 1.82) is 0 Å². The molecule has 1 aliphatic carbocycles. The number of aromatic nitrogens is 4. The molecule has 0 spiro atoms. The molecular formula is C61H69N9O6S. The fraction of sp³-hybridized carbons (Fsp3) is 0.426. The summed E-state index contributed by atoms with van der Waals surface area (Å²) >= 11 is 1.45. The number of carbonyl (C=O) groups is 4. The summed E-state index contributed by atoms with van der Waals surface area (Å²) in [5, 5.41) is 11.8. The highest BCUT2D eigenvalue weighted by Crippen LogP contribution is 2.39. The molecule has 6 heterocycles. The third kappa shape index (κ3) is 11.2. The zero-order valence-electron chi connectivity index (χ0n) is 45.1. The first-order valence-corrected chi connectivity index (χ1v) is 28.3. The van der Waals surface area contributed by atoms with Crippen molar-refractivity contribution in [2.75, 3.05) is 47.8 Å². The number of ether oxygens (including phenoxy) is 2. The number of aryl methyl sites for hydroxylation is 1. The van der Waals surface area contributed by atoms with Crippen LogP contribution in [0.1, 0.15) is 128 Å². The maximum Gasteiger partial charge on any atom is 0.358 e. The Bertz CT molecular complexity index is 3360. The van der Waals surface area contributed by atoms with Crippen LogP contribution in [0.5, 0.6) is 5.75 Å². The number of carbonyl (C=O) groups excluding carboxylic acids is 4. The summed E-state index contributed by atoms with van der Waals surface area (Å²) in [5.74, 6) is 0.552. The van der Waals surface area contributed by atoms with E-state index in [-0.39, 0.29) is 29.5 Å². The number of amides is 3. The van der Waals surface area contributed by atoms with Crippen LogP contribution >= 0.6 is 11.3 Å². The Balaban J connectivity index is 0.697. The molecule has 0 radical (unpaired) electrons. The van der Waals surface area contributed by atoms with Gasteiger partial charge in [-0.2, -0.15) is 5.10 Å². The summed E-state index contributed by atoms with van der Waals surface area (Å²) in [5.41, 5.74) is 8.43. The Kier molecular flexibility index (Phi) is 14.6. The lowest BCUT2D eigenvalue weighted by molar-refractivity contribution is -0.134. The molecule has 3 aliphatic heterocycles. The first-order valence-electron chi connectivity index (χ1n) is 27.5. The van der Waals surface area contributed by atoms with Crippen LogP contribution in [-0.4, -0.2) is 98.8 Å². The zero-order chi connectivity index (χ0) is 53.5. The Morgan fingerprint density at radius 2 is 1.69 bits per heavy atom. The lowest BCUT2D eigenvalue weighted by Crippen LogP contribution is -2.52. The minimum absolute atomic E-state index is 0.115. The van der Waals surface area contributed by atoms with E-state index in [0.717, 1.165) is 107 Å². The number of hydrogen-bond acceptors (Lipinski definition) is 13. The standard InChI is InChI=1S/C61H69N9O6S/c1-37-35-68(32-33-70(37)41-21-24-46-50(34-41)67(6)66-55(46)47-26-28-54(71)64-58(47)73)30-11-12-39-19-22-42(23-20-39)75-51-17-10-14-43(38(51)2)44-25-27-53(63-56(44)59(74)76-61(3,4)5)69-31-29-40-13-9-15-45(48(40)36-69)57(72)65-60-62-49-16-7-8-18-52(49)77-60/h7-10,13-18,21,24-25,27,34,37,39,42,47H,11-12,19-20,22-23,26,28-33,35-36H2,1-6H3,(H,62,65,72)(H,64,71,73)/t37-,39?,42?,47?/m0/s1. The van der Waals surface area contributed by atoms with Crippen LogP contribution in [0, 0.1) is 12.8 Å². The van der Waals surface area contributed by atoms with Gasteiger partial charge in [0.25, 0.3) is 5.91 Å². The Morgan fingerprint density at radius 3 is 2.48 bits per heavy atom.